The van der Waals surface area contributed by atoms with Gasteiger partial charge in [-0.2, -0.15) is 0 Å². The summed E-state index contributed by atoms with van der Waals surface area (Å²) in [4.78, 5) is 0. The van der Waals surface area contributed by atoms with E-state index < -0.39 is 0 Å². The molecule has 2 nitrogen and oxygen atoms in total. The van der Waals surface area contributed by atoms with E-state index in [1.165, 1.54) is 77.2 Å². The summed E-state index contributed by atoms with van der Waals surface area (Å²) in [5.41, 5.74) is 16.9. The van der Waals surface area contributed by atoms with E-state index >= 15 is 0 Å². The first-order valence-electron chi connectivity index (χ1n) is 19.0. The second-order valence-electron chi connectivity index (χ2n) is 14.8. The summed E-state index contributed by atoms with van der Waals surface area (Å²) in [7, 11) is 0. The maximum atomic E-state index is 6.40. The van der Waals surface area contributed by atoms with Crippen molar-refractivity contribution in [3.63, 3.8) is 0 Å². The average Bonchev–Trinajstić information content (AvgIpc) is 3.91. The van der Waals surface area contributed by atoms with Crippen LogP contribution in [0, 0.1) is 0 Å². The van der Waals surface area contributed by atoms with Crippen LogP contribution in [0.1, 0.15) is 22.6 Å². The maximum Gasteiger partial charge on any atom is 0.143 e. The minimum absolute atomic E-state index is 0.138. The molecule has 9 aromatic carbocycles. The Bertz CT molecular complexity index is 3330. The van der Waals surface area contributed by atoms with Crippen LogP contribution in [0.2, 0.25) is 0 Å². The van der Waals surface area contributed by atoms with Gasteiger partial charge in [0.05, 0.1) is 11.0 Å². The number of hydrogen-bond donors (Lipinski definition) is 0. The number of aromatic nitrogens is 1. The molecule has 0 spiro atoms. The van der Waals surface area contributed by atoms with Crippen molar-refractivity contribution < 1.29 is 4.42 Å². The van der Waals surface area contributed by atoms with Crippen molar-refractivity contribution in [3.05, 3.63) is 211 Å². The highest BCUT2D eigenvalue weighted by atomic mass is 16.3. The molecule has 2 aromatic heterocycles. The smallest absolute Gasteiger partial charge is 0.143 e. The summed E-state index contributed by atoms with van der Waals surface area (Å²) in [5.74, 6) is 0.138. The van der Waals surface area contributed by atoms with Gasteiger partial charge in [0, 0.05) is 38.7 Å². The van der Waals surface area contributed by atoms with Crippen LogP contribution < -0.4 is 0 Å². The molecule has 256 valence electrons. The van der Waals surface area contributed by atoms with Gasteiger partial charge in [0.1, 0.15) is 11.2 Å². The van der Waals surface area contributed by atoms with Crippen molar-refractivity contribution in [1.82, 2.24) is 4.57 Å². The largest absolute Gasteiger partial charge is 0.455 e. The second-order valence-corrected chi connectivity index (χ2v) is 14.8. The third-order valence-electron chi connectivity index (χ3n) is 11.9. The Morgan fingerprint density at radius 2 is 1.05 bits per heavy atom. The van der Waals surface area contributed by atoms with Crippen LogP contribution in [0.15, 0.2) is 199 Å². The number of furan rings is 1. The molecule has 1 aliphatic rings. The molecule has 2 heteroatoms. The molecular weight excluding hydrogens is 667 g/mol. The van der Waals surface area contributed by atoms with Gasteiger partial charge in [-0.3, -0.25) is 0 Å². The van der Waals surface area contributed by atoms with Crippen LogP contribution in [-0.4, -0.2) is 4.57 Å². The fourth-order valence-electron chi connectivity index (χ4n) is 9.34. The highest BCUT2D eigenvalue weighted by Gasteiger charge is 2.30. The minimum atomic E-state index is 0.138. The fraction of sp³-hybridized carbons (Fsp3) is 0.0189. The van der Waals surface area contributed by atoms with Crippen LogP contribution in [0.25, 0.3) is 93.6 Å². The zero-order chi connectivity index (χ0) is 36.0. The monoisotopic (exact) mass is 699 g/mol. The third-order valence-corrected chi connectivity index (χ3v) is 11.9. The van der Waals surface area contributed by atoms with E-state index in [-0.39, 0.29) is 5.92 Å². The van der Waals surface area contributed by atoms with Crippen molar-refractivity contribution in [2.45, 2.75) is 5.92 Å². The Morgan fingerprint density at radius 3 is 2.00 bits per heavy atom. The lowest BCUT2D eigenvalue weighted by molar-refractivity contribution is 0.670. The van der Waals surface area contributed by atoms with Crippen molar-refractivity contribution in [1.29, 1.82) is 0 Å². The van der Waals surface area contributed by atoms with E-state index in [4.69, 9.17) is 4.42 Å². The quantitative estimate of drug-likeness (QED) is 0.179. The summed E-state index contributed by atoms with van der Waals surface area (Å²) < 4.78 is 8.81. The first-order chi connectivity index (χ1) is 27.3. The molecule has 0 fully saturated rings. The molecule has 1 aliphatic carbocycles. The second kappa shape index (κ2) is 11.7. The molecule has 0 amide bonds. The number of hydrogen-bond acceptors (Lipinski definition) is 1. The molecule has 12 rings (SSSR count). The van der Waals surface area contributed by atoms with Crippen LogP contribution in [0.5, 0.6) is 0 Å². The van der Waals surface area contributed by atoms with Crippen molar-refractivity contribution in [2.24, 2.45) is 0 Å². The molecule has 0 saturated heterocycles. The lowest BCUT2D eigenvalue weighted by atomic mass is 9.86. The molecule has 11 aromatic rings. The zero-order valence-electron chi connectivity index (χ0n) is 29.9. The molecule has 0 radical (unpaired) electrons. The Hall–Kier alpha value is -7.16. The Morgan fingerprint density at radius 1 is 0.382 bits per heavy atom. The van der Waals surface area contributed by atoms with Gasteiger partial charge < -0.3 is 8.98 Å². The van der Waals surface area contributed by atoms with Gasteiger partial charge in [-0.1, -0.05) is 152 Å². The van der Waals surface area contributed by atoms with Gasteiger partial charge in [0.25, 0.3) is 0 Å². The summed E-state index contributed by atoms with van der Waals surface area (Å²) in [6.07, 6.45) is 0. The van der Waals surface area contributed by atoms with Crippen molar-refractivity contribution >= 4 is 54.5 Å². The number of fused-ring (bicyclic) bond motifs is 10. The van der Waals surface area contributed by atoms with Gasteiger partial charge >= 0.3 is 0 Å². The van der Waals surface area contributed by atoms with Crippen molar-refractivity contribution in [2.75, 3.05) is 0 Å². The molecular formula is C53H33NO. The van der Waals surface area contributed by atoms with Gasteiger partial charge in [0.15, 0.2) is 0 Å². The highest BCUT2D eigenvalue weighted by molar-refractivity contribution is 6.11. The molecule has 1 unspecified atom stereocenters. The summed E-state index contributed by atoms with van der Waals surface area (Å²) in [6.45, 7) is 0. The Balaban J connectivity index is 0.972. The topological polar surface area (TPSA) is 18.1 Å². The maximum absolute atomic E-state index is 6.40. The normalized spacial score (nSPS) is 13.6. The molecule has 1 atom stereocenters. The average molecular weight is 700 g/mol. The van der Waals surface area contributed by atoms with E-state index in [1.54, 1.807) is 0 Å². The Kier molecular flexibility index (Phi) is 6.43. The minimum Gasteiger partial charge on any atom is -0.455 e. The Labute approximate surface area is 318 Å². The third kappa shape index (κ3) is 4.55. The zero-order valence-corrected chi connectivity index (χ0v) is 29.9. The molecule has 0 aliphatic heterocycles. The van der Waals surface area contributed by atoms with E-state index in [0.29, 0.717) is 0 Å². The standard InChI is InChI=1S/C53H33NO/c1-2-11-39(12-3-1)54-49-19-8-6-14-43(49)44-28-26-36(32-50(44)54)35-25-27-42-41-13-4-5-16-46(41)52(48(42)31-35)38-24-22-33-29-37(23-21-34(33)30-38)40-17-10-18-47-45-15-7-9-20-51(45)55-53(40)47/h1-32,52H. The van der Waals surface area contributed by atoms with Crippen LogP contribution in [0.3, 0.4) is 0 Å². The lowest BCUT2D eigenvalue weighted by Crippen LogP contribution is -1.99. The SMILES string of the molecule is c1ccc(-n2c3ccccc3c3ccc(-c4ccc5c(c4)C(c4ccc6cc(-c7cccc8c7oc7ccccc78)ccc6c4)c4ccccc4-5)cc32)cc1. The predicted molar refractivity (Wildman–Crippen MR) is 229 cm³/mol. The first kappa shape index (κ1) is 30.3. The molecule has 0 bridgehead atoms. The van der Waals surface area contributed by atoms with E-state index in [1.807, 2.05) is 12.1 Å². The van der Waals surface area contributed by atoms with Gasteiger partial charge in [0.2, 0.25) is 0 Å². The van der Waals surface area contributed by atoms with E-state index in [9.17, 15) is 0 Å². The summed E-state index contributed by atoms with van der Waals surface area (Å²) in [6, 6.07) is 71.1. The first-order valence-corrected chi connectivity index (χ1v) is 19.0. The van der Waals surface area contributed by atoms with Crippen LogP contribution in [0.4, 0.5) is 0 Å². The summed E-state index contributed by atoms with van der Waals surface area (Å²) >= 11 is 0. The number of para-hydroxylation sites is 4. The predicted octanol–water partition coefficient (Wildman–Crippen LogP) is 14.3. The van der Waals surface area contributed by atoms with Gasteiger partial charge in [-0.15, -0.1) is 0 Å². The summed E-state index contributed by atoms with van der Waals surface area (Å²) in [5, 5.41) is 7.30. The van der Waals surface area contributed by atoms with Gasteiger partial charge in [-0.05, 0) is 97.7 Å². The highest BCUT2D eigenvalue weighted by Crippen LogP contribution is 2.50. The molecule has 0 saturated carbocycles. The number of rotatable bonds is 4. The molecule has 0 N–H and O–H groups in total. The lowest BCUT2D eigenvalue weighted by Gasteiger charge is -2.17. The van der Waals surface area contributed by atoms with E-state index in [0.717, 1.165) is 33.1 Å². The molecule has 2 heterocycles. The number of benzene rings is 9. The number of nitrogens with zero attached hydrogens (tertiary/aromatic N) is 1. The van der Waals surface area contributed by atoms with Crippen molar-refractivity contribution in [3.8, 4) is 39.1 Å². The van der Waals surface area contributed by atoms with Crippen LogP contribution >= 0.6 is 0 Å². The van der Waals surface area contributed by atoms with Crippen LogP contribution in [-0.2, 0) is 0 Å². The molecule has 55 heavy (non-hydrogen) atoms. The van der Waals surface area contributed by atoms with Gasteiger partial charge in [-0.25, -0.2) is 0 Å². The fourth-order valence-corrected chi connectivity index (χ4v) is 9.34. The van der Waals surface area contributed by atoms with E-state index in [2.05, 4.69) is 187 Å².